The first-order valence-electron chi connectivity index (χ1n) is 37.7. The molecular formula is C76H155N13O7. The standard InChI is InChI=1S/C76H155N13O7/c1-69(2,3)54-55(40-26-36-50-81-71(7,8)9)63(91)86-58(43-28-34-47-78-64(92)57(77-25)42-30-37-51-82-72(10,11)12)65(93)79-48-33-27-41-56(62(90)70(4,5)6)85-67(95)59(87-68(96)61(89-76(22,23)24)46-32-39-53-84-74(16,17)18)44-29-35-49-80-66(94)60(88-75(19,20)21)45-31-38-52-83-73(13,14)15/h55-62,77,81-84,88-90H,26-54H2,1-25H3,(H,78,92)(H,79,93)(H,80,94)(H,85,95)(H,86,91)(H,87,96). The van der Waals surface area contributed by atoms with E-state index in [-0.39, 0.29) is 92.1 Å². The third-order valence-corrected chi connectivity index (χ3v) is 16.6. The van der Waals surface area contributed by atoms with E-state index in [9.17, 15) is 33.9 Å². The highest BCUT2D eigenvalue weighted by Gasteiger charge is 2.35. The molecule has 0 aliphatic heterocycles. The molecule has 96 heavy (non-hydrogen) atoms. The lowest BCUT2D eigenvalue weighted by Gasteiger charge is -2.35. The number of aliphatic hydroxyl groups excluding tert-OH is 1. The zero-order valence-corrected chi connectivity index (χ0v) is 66.5. The van der Waals surface area contributed by atoms with Crippen molar-refractivity contribution in [1.82, 2.24) is 69.1 Å². The fourth-order valence-corrected chi connectivity index (χ4v) is 11.6. The first kappa shape index (κ1) is 92.5. The molecule has 0 aromatic rings. The van der Waals surface area contributed by atoms with Crippen molar-refractivity contribution in [2.75, 3.05) is 52.9 Å². The summed E-state index contributed by atoms with van der Waals surface area (Å²) in [7, 11) is 1.81. The van der Waals surface area contributed by atoms with Gasteiger partial charge in [0.2, 0.25) is 35.4 Å². The van der Waals surface area contributed by atoms with Crippen LogP contribution in [0.15, 0.2) is 0 Å². The second-order valence-electron chi connectivity index (χ2n) is 36.3. The average Bonchev–Trinajstić information content (AvgIpc) is 0.868. The van der Waals surface area contributed by atoms with Gasteiger partial charge in [-0.15, -0.1) is 0 Å². The van der Waals surface area contributed by atoms with Gasteiger partial charge >= 0.3 is 0 Å². The molecule has 14 N–H and O–H groups in total. The van der Waals surface area contributed by atoms with Crippen LogP contribution in [-0.2, 0) is 28.8 Å². The lowest BCUT2D eigenvalue weighted by Crippen LogP contribution is -2.58. The second-order valence-corrected chi connectivity index (χ2v) is 36.3. The van der Waals surface area contributed by atoms with Gasteiger partial charge in [0.1, 0.15) is 12.1 Å². The molecule has 6 amide bonds. The van der Waals surface area contributed by atoms with Gasteiger partial charge in [-0.3, -0.25) is 28.8 Å². The summed E-state index contributed by atoms with van der Waals surface area (Å²) in [5.74, 6) is -1.42. The Balaban J connectivity index is 6.63. The minimum Gasteiger partial charge on any atom is -0.390 e. The van der Waals surface area contributed by atoms with Crippen LogP contribution in [-0.4, -0.2) is 169 Å². The Morgan fingerprint density at radius 1 is 0.302 bits per heavy atom. The summed E-state index contributed by atoms with van der Waals surface area (Å²) in [4.78, 5) is 85.0. The number of hydrogen-bond donors (Lipinski definition) is 14. The van der Waals surface area contributed by atoms with Crippen molar-refractivity contribution in [3.8, 4) is 0 Å². The molecule has 0 radical (unpaired) electrons. The quantitative estimate of drug-likeness (QED) is 0.0253. The fraction of sp³-hybridized carbons (Fsp3) is 0.921. The average molecular weight is 1360 g/mol. The molecule has 0 aliphatic rings. The van der Waals surface area contributed by atoms with Crippen molar-refractivity contribution >= 4 is 35.4 Å². The number of aliphatic hydroxyl groups is 1. The molecule has 0 saturated heterocycles. The number of nitrogens with one attached hydrogen (secondary N) is 13. The molecule has 0 saturated carbocycles. The van der Waals surface area contributed by atoms with Crippen LogP contribution in [0.3, 0.4) is 0 Å². The van der Waals surface area contributed by atoms with E-state index >= 15 is 0 Å². The maximum atomic E-state index is 14.8. The first-order chi connectivity index (χ1) is 44.0. The van der Waals surface area contributed by atoms with Crippen molar-refractivity contribution in [2.24, 2.45) is 16.7 Å². The van der Waals surface area contributed by atoms with Gasteiger partial charge in [0.25, 0.3) is 0 Å². The number of amides is 6. The van der Waals surface area contributed by atoms with Crippen molar-refractivity contribution < 1.29 is 33.9 Å². The Labute approximate surface area is 588 Å². The Morgan fingerprint density at radius 2 is 0.583 bits per heavy atom. The van der Waals surface area contributed by atoms with E-state index in [0.29, 0.717) is 103 Å². The third kappa shape index (κ3) is 50.8. The van der Waals surface area contributed by atoms with Crippen molar-refractivity contribution in [2.45, 2.75) is 383 Å². The number of unbranched alkanes of at least 4 members (excludes halogenated alkanes) is 7. The topological polar surface area (TPSA) is 279 Å². The van der Waals surface area contributed by atoms with Gasteiger partial charge in [-0.05, 0) is 284 Å². The maximum Gasteiger partial charge on any atom is 0.242 e. The van der Waals surface area contributed by atoms with E-state index in [0.717, 1.165) is 84.0 Å². The van der Waals surface area contributed by atoms with E-state index in [1.807, 2.05) is 48.6 Å². The molecule has 0 aliphatic carbocycles. The highest BCUT2D eigenvalue weighted by Crippen LogP contribution is 2.29. The van der Waals surface area contributed by atoms with E-state index in [2.05, 4.69) is 194 Å². The van der Waals surface area contributed by atoms with Crippen LogP contribution >= 0.6 is 0 Å². The van der Waals surface area contributed by atoms with Gasteiger partial charge in [-0.25, -0.2) is 0 Å². The van der Waals surface area contributed by atoms with Crippen LogP contribution in [0.4, 0.5) is 0 Å². The lowest BCUT2D eigenvalue weighted by atomic mass is 9.82. The van der Waals surface area contributed by atoms with Crippen LogP contribution in [0.2, 0.25) is 0 Å². The molecule has 0 bridgehead atoms. The molecule has 8 unspecified atom stereocenters. The number of carbonyl (C=O) groups is 6. The Kier molecular flexibility index (Phi) is 43.7. The van der Waals surface area contributed by atoms with Crippen LogP contribution in [0.1, 0.15) is 307 Å². The zero-order valence-electron chi connectivity index (χ0n) is 66.5. The summed E-state index contributed by atoms with van der Waals surface area (Å²) in [6.45, 7) is 54.8. The molecule has 20 nitrogen and oxygen atoms in total. The van der Waals surface area contributed by atoms with Gasteiger partial charge in [-0.1, -0.05) is 67.2 Å². The van der Waals surface area contributed by atoms with Gasteiger partial charge < -0.3 is 74.2 Å². The number of likely N-dealkylation sites (N-methyl/N-ethyl adjacent to an activating group) is 1. The molecule has 0 aromatic heterocycles. The van der Waals surface area contributed by atoms with E-state index in [1.54, 1.807) is 0 Å². The van der Waals surface area contributed by atoms with Gasteiger partial charge in [0.05, 0.1) is 30.3 Å². The minimum atomic E-state index is -0.950. The molecule has 0 fully saturated rings. The summed E-state index contributed by atoms with van der Waals surface area (Å²) in [6, 6.07) is -3.62. The predicted molar refractivity (Wildman–Crippen MR) is 402 cm³/mol. The molecule has 0 heterocycles. The number of carbonyl (C=O) groups excluding carboxylic acids is 6. The summed E-state index contributed by atoms with van der Waals surface area (Å²) in [6.07, 6.45) is 14.2. The normalized spacial score (nSPS) is 15.6. The number of hydrogen-bond acceptors (Lipinski definition) is 14. The molecule has 8 atom stereocenters. The second kappa shape index (κ2) is 45.4. The molecule has 566 valence electrons. The smallest absolute Gasteiger partial charge is 0.242 e. The highest BCUT2D eigenvalue weighted by atomic mass is 16.3. The van der Waals surface area contributed by atoms with Crippen molar-refractivity contribution in [1.29, 1.82) is 0 Å². The largest absolute Gasteiger partial charge is 0.390 e. The molecule has 0 aromatic carbocycles. The lowest BCUT2D eigenvalue weighted by molar-refractivity contribution is -0.132. The number of rotatable bonds is 49. The Hall–Kier alpha value is -3.50. The van der Waals surface area contributed by atoms with Crippen LogP contribution < -0.4 is 69.1 Å². The zero-order chi connectivity index (χ0) is 73.8. The summed E-state index contributed by atoms with van der Waals surface area (Å²) in [5.41, 5.74) is -1.33. The van der Waals surface area contributed by atoms with Gasteiger partial charge in [0.15, 0.2) is 0 Å². The van der Waals surface area contributed by atoms with Gasteiger partial charge in [0, 0.05) is 58.8 Å². The first-order valence-corrected chi connectivity index (χ1v) is 37.7. The van der Waals surface area contributed by atoms with Crippen LogP contribution in [0, 0.1) is 16.7 Å². The van der Waals surface area contributed by atoms with E-state index in [4.69, 9.17) is 0 Å². The van der Waals surface area contributed by atoms with Gasteiger partial charge in [-0.2, -0.15) is 0 Å². The van der Waals surface area contributed by atoms with E-state index in [1.165, 1.54) is 0 Å². The van der Waals surface area contributed by atoms with E-state index < -0.39 is 35.7 Å². The highest BCUT2D eigenvalue weighted by molar-refractivity contribution is 5.90. The molecule has 0 rings (SSSR count). The monoisotopic (exact) mass is 1360 g/mol. The molecule has 20 heteroatoms. The summed E-state index contributed by atoms with van der Waals surface area (Å²) in [5, 5.41) is 55.3. The molecule has 0 spiro atoms. The maximum absolute atomic E-state index is 14.8. The Bertz CT molecular complexity index is 2160. The predicted octanol–water partition coefficient (Wildman–Crippen LogP) is 10.1. The summed E-state index contributed by atoms with van der Waals surface area (Å²) < 4.78 is 0. The van der Waals surface area contributed by atoms with Crippen LogP contribution in [0.25, 0.3) is 0 Å². The third-order valence-electron chi connectivity index (χ3n) is 16.6. The summed E-state index contributed by atoms with van der Waals surface area (Å²) >= 11 is 0. The van der Waals surface area contributed by atoms with Crippen molar-refractivity contribution in [3.05, 3.63) is 0 Å². The Morgan fingerprint density at radius 3 is 0.927 bits per heavy atom. The SMILES string of the molecule is CNC(CCCCNC(C)(C)C)C(=O)NCCCCC(NC(=O)C(CCCCNC(C)(C)C)CC(C)(C)C)C(=O)NCCCCC(NC(=O)C(CCCCNC(=O)C(CCCCNC(C)(C)C)NC(C)(C)C)NC(=O)C(CCCCNC(C)(C)C)NC(C)(C)C)C(O)C(C)(C)C. The molecular weight excluding hydrogens is 1210 g/mol. The van der Waals surface area contributed by atoms with Crippen LogP contribution in [0.5, 0.6) is 0 Å². The fourth-order valence-electron chi connectivity index (χ4n) is 11.6. The minimum absolute atomic E-state index is 0.00107. The van der Waals surface area contributed by atoms with Crippen molar-refractivity contribution in [3.63, 3.8) is 0 Å².